The average Bonchev–Trinajstić information content (AvgIpc) is 2.43. The molecule has 1 aliphatic rings. The Labute approximate surface area is 114 Å². The lowest BCUT2D eigenvalue weighted by Crippen LogP contribution is -2.57. The molecule has 0 N–H and O–H groups in total. The minimum Gasteiger partial charge on any atom is -0.351 e. The summed E-state index contributed by atoms with van der Waals surface area (Å²) >= 11 is 0. The molecule has 0 saturated carbocycles. The van der Waals surface area contributed by atoms with E-state index >= 15 is 0 Å². The van der Waals surface area contributed by atoms with Crippen molar-refractivity contribution in [1.82, 2.24) is 4.90 Å². The molecule has 1 aromatic rings. The summed E-state index contributed by atoms with van der Waals surface area (Å²) in [6.45, 7) is 3.06. The van der Waals surface area contributed by atoms with Crippen molar-refractivity contribution in [3.8, 4) is 0 Å². The number of piperidine rings is 1. The second-order valence-electron chi connectivity index (χ2n) is 5.06. The molecule has 1 aliphatic heterocycles. The lowest BCUT2D eigenvalue weighted by atomic mass is 9.91. The number of likely N-dealkylation sites (tertiary alicyclic amines) is 1. The smallest absolute Gasteiger partial charge is 0.223 e. The summed E-state index contributed by atoms with van der Waals surface area (Å²) in [4.78, 5) is 14.0. The van der Waals surface area contributed by atoms with Gasteiger partial charge in [-0.1, -0.05) is 37.3 Å². The predicted octanol–water partition coefficient (Wildman–Crippen LogP) is 2.04. The lowest BCUT2D eigenvalue weighted by molar-refractivity contribution is -0.256. The van der Waals surface area contributed by atoms with Crippen molar-refractivity contribution in [1.29, 1.82) is 0 Å². The molecule has 2 rings (SSSR count). The van der Waals surface area contributed by atoms with Gasteiger partial charge in [-0.25, -0.2) is 0 Å². The molecule has 1 fully saturated rings. The number of methoxy groups -OCH3 is 2. The van der Waals surface area contributed by atoms with Gasteiger partial charge in [0.05, 0.1) is 6.54 Å². The minimum atomic E-state index is -0.692. The third-order valence-electron chi connectivity index (χ3n) is 3.90. The van der Waals surface area contributed by atoms with Crippen LogP contribution in [0.3, 0.4) is 0 Å². The van der Waals surface area contributed by atoms with Gasteiger partial charge in [0.25, 0.3) is 0 Å². The maximum absolute atomic E-state index is 12.1. The van der Waals surface area contributed by atoms with Gasteiger partial charge in [0.2, 0.25) is 5.91 Å². The topological polar surface area (TPSA) is 38.8 Å². The molecule has 4 nitrogen and oxygen atoms in total. The van der Waals surface area contributed by atoms with Gasteiger partial charge in [-0.05, 0) is 5.56 Å². The zero-order valence-electron chi connectivity index (χ0n) is 11.8. The van der Waals surface area contributed by atoms with Gasteiger partial charge in [-0.15, -0.1) is 0 Å². The lowest BCUT2D eigenvalue weighted by Gasteiger charge is -2.44. The molecule has 1 unspecified atom stereocenters. The SMILES string of the molecule is COC1(OC)CN(Cc2ccccc2)C(=O)CC1C. The van der Waals surface area contributed by atoms with E-state index in [4.69, 9.17) is 9.47 Å². The maximum Gasteiger partial charge on any atom is 0.223 e. The first-order valence-corrected chi connectivity index (χ1v) is 6.53. The highest BCUT2D eigenvalue weighted by molar-refractivity contribution is 5.77. The Bertz CT molecular complexity index is 428. The molecule has 0 aromatic heterocycles. The largest absolute Gasteiger partial charge is 0.351 e. The number of rotatable bonds is 4. The third-order valence-corrected chi connectivity index (χ3v) is 3.90. The number of benzene rings is 1. The Kier molecular flexibility index (Phi) is 4.22. The van der Waals surface area contributed by atoms with Crippen LogP contribution in [0.2, 0.25) is 0 Å². The maximum atomic E-state index is 12.1. The molecule has 1 heterocycles. The van der Waals surface area contributed by atoms with Gasteiger partial charge in [0.15, 0.2) is 5.79 Å². The van der Waals surface area contributed by atoms with E-state index < -0.39 is 5.79 Å². The summed E-state index contributed by atoms with van der Waals surface area (Å²) in [5.74, 6) is -0.481. The first-order valence-electron chi connectivity index (χ1n) is 6.53. The summed E-state index contributed by atoms with van der Waals surface area (Å²) in [6, 6.07) is 9.97. The molecule has 1 saturated heterocycles. The van der Waals surface area contributed by atoms with Crippen molar-refractivity contribution in [2.45, 2.75) is 25.7 Å². The van der Waals surface area contributed by atoms with E-state index in [-0.39, 0.29) is 11.8 Å². The Morgan fingerprint density at radius 3 is 2.47 bits per heavy atom. The van der Waals surface area contributed by atoms with Crippen LogP contribution in [0, 0.1) is 5.92 Å². The highest BCUT2D eigenvalue weighted by atomic mass is 16.7. The van der Waals surface area contributed by atoms with Crippen LogP contribution in [-0.4, -0.2) is 37.4 Å². The van der Waals surface area contributed by atoms with Crippen molar-refractivity contribution >= 4 is 5.91 Å². The molecule has 104 valence electrons. The van der Waals surface area contributed by atoms with Crippen LogP contribution in [0.25, 0.3) is 0 Å². The van der Waals surface area contributed by atoms with E-state index in [0.29, 0.717) is 19.5 Å². The number of nitrogens with zero attached hydrogens (tertiary/aromatic N) is 1. The van der Waals surface area contributed by atoms with Crippen LogP contribution in [-0.2, 0) is 20.8 Å². The number of hydrogen-bond donors (Lipinski definition) is 0. The third kappa shape index (κ3) is 2.80. The predicted molar refractivity (Wildman–Crippen MR) is 72.4 cm³/mol. The van der Waals surface area contributed by atoms with Crippen molar-refractivity contribution in [2.24, 2.45) is 5.92 Å². The molecule has 1 amide bonds. The highest BCUT2D eigenvalue weighted by Gasteiger charge is 2.44. The highest BCUT2D eigenvalue weighted by Crippen LogP contribution is 2.32. The van der Waals surface area contributed by atoms with E-state index in [2.05, 4.69) is 0 Å². The molecule has 0 aliphatic carbocycles. The van der Waals surface area contributed by atoms with Crippen LogP contribution in [0.5, 0.6) is 0 Å². The van der Waals surface area contributed by atoms with E-state index in [1.807, 2.05) is 42.2 Å². The van der Waals surface area contributed by atoms with Gasteiger partial charge in [0, 0.05) is 33.1 Å². The second-order valence-corrected chi connectivity index (χ2v) is 5.06. The fraction of sp³-hybridized carbons (Fsp3) is 0.533. The zero-order chi connectivity index (χ0) is 13.9. The Hall–Kier alpha value is -1.39. The molecular weight excluding hydrogens is 242 g/mol. The van der Waals surface area contributed by atoms with Crippen molar-refractivity contribution < 1.29 is 14.3 Å². The van der Waals surface area contributed by atoms with E-state index in [1.165, 1.54) is 0 Å². The quantitative estimate of drug-likeness (QED) is 0.780. The first kappa shape index (κ1) is 14.0. The number of ether oxygens (including phenoxy) is 2. The molecule has 1 atom stereocenters. The van der Waals surface area contributed by atoms with Crippen LogP contribution >= 0.6 is 0 Å². The summed E-state index contributed by atoms with van der Waals surface area (Å²) < 4.78 is 11.1. The Morgan fingerprint density at radius 1 is 1.26 bits per heavy atom. The van der Waals surface area contributed by atoms with Crippen molar-refractivity contribution in [2.75, 3.05) is 20.8 Å². The molecule has 19 heavy (non-hydrogen) atoms. The van der Waals surface area contributed by atoms with Crippen LogP contribution in [0.1, 0.15) is 18.9 Å². The number of carbonyl (C=O) groups excluding carboxylic acids is 1. The summed E-state index contributed by atoms with van der Waals surface area (Å²) in [6.07, 6.45) is 0.453. The monoisotopic (exact) mass is 263 g/mol. The van der Waals surface area contributed by atoms with E-state index in [0.717, 1.165) is 5.56 Å². The van der Waals surface area contributed by atoms with Gasteiger partial charge in [-0.3, -0.25) is 4.79 Å². The van der Waals surface area contributed by atoms with Crippen LogP contribution in [0.4, 0.5) is 0 Å². The van der Waals surface area contributed by atoms with E-state index in [1.54, 1.807) is 14.2 Å². The molecule has 4 heteroatoms. The van der Waals surface area contributed by atoms with Crippen molar-refractivity contribution in [3.05, 3.63) is 35.9 Å². The van der Waals surface area contributed by atoms with Gasteiger partial charge < -0.3 is 14.4 Å². The zero-order valence-corrected chi connectivity index (χ0v) is 11.8. The van der Waals surface area contributed by atoms with Crippen LogP contribution in [0.15, 0.2) is 30.3 Å². The summed E-state index contributed by atoms with van der Waals surface area (Å²) in [7, 11) is 3.27. The molecular formula is C15H21NO3. The number of hydrogen-bond acceptors (Lipinski definition) is 3. The molecule has 0 radical (unpaired) electrons. The normalized spacial score (nSPS) is 22.6. The Morgan fingerprint density at radius 2 is 1.89 bits per heavy atom. The first-order chi connectivity index (χ1) is 9.11. The molecule has 0 bridgehead atoms. The second kappa shape index (κ2) is 5.72. The van der Waals surface area contributed by atoms with Gasteiger partial charge in [-0.2, -0.15) is 0 Å². The summed E-state index contributed by atoms with van der Waals surface area (Å²) in [5, 5.41) is 0. The van der Waals surface area contributed by atoms with E-state index in [9.17, 15) is 4.79 Å². The van der Waals surface area contributed by atoms with Gasteiger partial charge in [0.1, 0.15) is 0 Å². The number of amides is 1. The standard InChI is InChI=1S/C15H21NO3/c1-12-9-14(17)16(11-15(12,18-2)19-3)10-13-7-5-4-6-8-13/h4-8,12H,9-11H2,1-3H3. The fourth-order valence-electron chi connectivity index (χ4n) is 2.62. The summed E-state index contributed by atoms with van der Waals surface area (Å²) in [5.41, 5.74) is 1.12. The average molecular weight is 263 g/mol. The fourth-order valence-corrected chi connectivity index (χ4v) is 2.62. The van der Waals surface area contributed by atoms with Crippen LogP contribution < -0.4 is 0 Å². The number of carbonyl (C=O) groups is 1. The molecule has 1 aromatic carbocycles. The Balaban J connectivity index is 2.14. The minimum absolute atomic E-state index is 0.0574. The molecule has 0 spiro atoms. The van der Waals surface area contributed by atoms with Gasteiger partial charge >= 0.3 is 0 Å². The van der Waals surface area contributed by atoms with Crippen molar-refractivity contribution in [3.63, 3.8) is 0 Å².